The molecular formula is C9H7BrINO. The van der Waals surface area contributed by atoms with E-state index in [1.807, 2.05) is 12.1 Å². The molecule has 1 aromatic heterocycles. The number of aromatic amines is 1. The largest absolute Gasteiger partial charge is 0.390 e. The van der Waals surface area contributed by atoms with Crippen molar-refractivity contribution in [3.63, 3.8) is 0 Å². The third-order valence-corrected chi connectivity index (χ3v) is 4.18. The Labute approximate surface area is 97.6 Å². The fraction of sp³-hybridized carbons (Fsp3) is 0.111. The van der Waals surface area contributed by atoms with Crippen LogP contribution in [-0.4, -0.2) is 10.1 Å². The number of nitrogens with one attached hydrogen (secondary N) is 1. The van der Waals surface area contributed by atoms with Crippen LogP contribution in [0.2, 0.25) is 0 Å². The van der Waals surface area contributed by atoms with Crippen molar-refractivity contribution in [3.8, 4) is 0 Å². The Morgan fingerprint density at radius 2 is 2.15 bits per heavy atom. The lowest BCUT2D eigenvalue weighted by Crippen LogP contribution is -1.79. The number of benzene rings is 1. The Kier molecular flexibility index (Phi) is 2.62. The maximum absolute atomic E-state index is 8.93. The van der Waals surface area contributed by atoms with Gasteiger partial charge in [0.15, 0.2) is 0 Å². The van der Waals surface area contributed by atoms with E-state index >= 15 is 0 Å². The molecule has 0 amide bonds. The van der Waals surface area contributed by atoms with Crippen molar-refractivity contribution in [3.05, 3.63) is 31.9 Å². The zero-order chi connectivity index (χ0) is 9.42. The third kappa shape index (κ3) is 1.75. The lowest BCUT2D eigenvalue weighted by molar-refractivity contribution is 0.278. The van der Waals surface area contributed by atoms with E-state index in [2.05, 4.69) is 49.6 Å². The van der Waals surface area contributed by atoms with Gasteiger partial charge in [-0.25, -0.2) is 0 Å². The van der Waals surface area contributed by atoms with Gasteiger partial charge in [0, 0.05) is 24.6 Å². The molecule has 0 spiro atoms. The molecule has 13 heavy (non-hydrogen) atoms. The van der Waals surface area contributed by atoms with Crippen molar-refractivity contribution in [1.82, 2.24) is 4.98 Å². The second kappa shape index (κ2) is 3.59. The molecule has 0 fully saturated rings. The number of rotatable bonds is 1. The molecule has 1 heterocycles. The first kappa shape index (κ1) is 9.48. The SMILES string of the molecule is OCc1cc2cc(Br)c(I)cc2[nH]1. The molecule has 4 heteroatoms. The number of fused-ring (bicyclic) bond motifs is 1. The molecule has 1 aromatic carbocycles. The van der Waals surface area contributed by atoms with Crippen LogP contribution in [0.3, 0.4) is 0 Å². The van der Waals surface area contributed by atoms with Gasteiger partial charge in [0.1, 0.15) is 0 Å². The van der Waals surface area contributed by atoms with Crippen LogP contribution in [-0.2, 0) is 6.61 Å². The topological polar surface area (TPSA) is 36.0 Å². The second-order valence-corrected chi connectivity index (χ2v) is 4.82. The fourth-order valence-electron chi connectivity index (χ4n) is 1.27. The monoisotopic (exact) mass is 351 g/mol. The molecule has 68 valence electrons. The standard InChI is InChI=1S/C9H7BrINO/c10-7-2-5-1-6(4-13)12-9(5)3-8(7)11/h1-3,12-13H,4H2. The zero-order valence-corrected chi connectivity index (χ0v) is 10.4. The molecule has 2 rings (SSSR count). The van der Waals surface area contributed by atoms with Crippen LogP contribution in [0.25, 0.3) is 10.9 Å². The molecule has 0 aliphatic rings. The van der Waals surface area contributed by atoms with Gasteiger partial charge in [-0.15, -0.1) is 0 Å². The Morgan fingerprint density at radius 1 is 1.38 bits per heavy atom. The summed E-state index contributed by atoms with van der Waals surface area (Å²) in [5.74, 6) is 0. The van der Waals surface area contributed by atoms with Gasteiger partial charge in [-0.2, -0.15) is 0 Å². The normalized spacial score (nSPS) is 11.0. The Morgan fingerprint density at radius 3 is 2.85 bits per heavy atom. The maximum Gasteiger partial charge on any atom is 0.0831 e. The lowest BCUT2D eigenvalue weighted by atomic mass is 10.2. The lowest BCUT2D eigenvalue weighted by Gasteiger charge is -1.95. The minimum absolute atomic E-state index is 0.0584. The first-order valence-electron chi connectivity index (χ1n) is 3.78. The van der Waals surface area contributed by atoms with Gasteiger partial charge >= 0.3 is 0 Å². The van der Waals surface area contributed by atoms with E-state index in [1.165, 1.54) is 0 Å². The summed E-state index contributed by atoms with van der Waals surface area (Å²) in [6.07, 6.45) is 0. The van der Waals surface area contributed by atoms with Crippen molar-refractivity contribution in [2.24, 2.45) is 0 Å². The van der Waals surface area contributed by atoms with Crippen molar-refractivity contribution in [2.45, 2.75) is 6.61 Å². The summed E-state index contributed by atoms with van der Waals surface area (Å²) in [5, 5.41) is 10.1. The van der Waals surface area contributed by atoms with Crippen LogP contribution in [0.1, 0.15) is 5.69 Å². The van der Waals surface area contributed by atoms with Gasteiger partial charge in [-0.3, -0.25) is 0 Å². The summed E-state index contributed by atoms with van der Waals surface area (Å²) < 4.78 is 2.25. The predicted octanol–water partition coefficient (Wildman–Crippen LogP) is 3.03. The highest BCUT2D eigenvalue weighted by atomic mass is 127. The number of aliphatic hydroxyl groups excluding tert-OH is 1. The highest BCUT2D eigenvalue weighted by molar-refractivity contribution is 14.1. The molecule has 2 aromatic rings. The number of hydrogen-bond donors (Lipinski definition) is 2. The molecule has 2 nitrogen and oxygen atoms in total. The summed E-state index contributed by atoms with van der Waals surface area (Å²) in [6.45, 7) is 0.0584. The van der Waals surface area contributed by atoms with E-state index in [9.17, 15) is 0 Å². The molecule has 0 aliphatic heterocycles. The Balaban J connectivity index is 2.70. The van der Waals surface area contributed by atoms with Crippen LogP contribution >= 0.6 is 38.5 Å². The number of aromatic nitrogens is 1. The van der Waals surface area contributed by atoms with Crippen LogP contribution in [0.15, 0.2) is 22.7 Å². The minimum atomic E-state index is 0.0584. The van der Waals surface area contributed by atoms with Gasteiger partial charge in [-0.05, 0) is 56.7 Å². The predicted molar refractivity (Wildman–Crippen MR) is 64.6 cm³/mol. The number of halogens is 2. The fourth-order valence-corrected chi connectivity index (χ4v) is 2.10. The van der Waals surface area contributed by atoms with Gasteiger partial charge in [0.25, 0.3) is 0 Å². The summed E-state index contributed by atoms with van der Waals surface area (Å²) in [5.41, 5.74) is 1.92. The van der Waals surface area contributed by atoms with Crippen LogP contribution in [0.4, 0.5) is 0 Å². The molecule has 0 unspecified atom stereocenters. The first-order valence-corrected chi connectivity index (χ1v) is 5.65. The second-order valence-electron chi connectivity index (χ2n) is 2.81. The molecule has 2 N–H and O–H groups in total. The molecule has 0 radical (unpaired) electrons. The molecule has 0 aliphatic carbocycles. The summed E-state index contributed by atoms with van der Waals surface area (Å²) in [4.78, 5) is 3.14. The van der Waals surface area contributed by atoms with Gasteiger partial charge in [0.05, 0.1) is 6.61 Å². The summed E-state index contributed by atoms with van der Waals surface area (Å²) in [7, 11) is 0. The first-order chi connectivity index (χ1) is 6.20. The zero-order valence-electron chi connectivity index (χ0n) is 6.64. The van der Waals surface area contributed by atoms with Crippen molar-refractivity contribution in [2.75, 3.05) is 0 Å². The quantitative estimate of drug-likeness (QED) is 0.761. The van der Waals surface area contributed by atoms with Gasteiger partial charge in [-0.1, -0.05) is 0 Å². The summed E-state index contributed by atoms with van der Waals surface area (Å²) >= 11 is 5.73. The van der Waals surface area contributed by atoms with Crippen LogP contribution in [0.5, 0.6) is 0 Å². The average Bonchev–Trinajstić information content (AvgIpc) is 2.48. The number of aliphatic hydroxyl groups is 1. The molecular weight excluding hydrogens is 345 g/mol. The van der Waals surface area contributed by atoms with E-state index in [4.69, 9.17) is 5.11 Å². The average molecular weight is 352 g/mol. The highest BCUT2D eigenvalue weighted by Crippen LogP contribution is 2.25. The van der Waals surface area contributed by atoms with Gasteiger partial charge < -0.3 is 10.1 Å². The summed E-state index contributed by atoms with van der Waals surface area (Å²) in [6, 6.07) is 6.06. The van der Waals surface area contributed by atoms with Crippen molar-refractivity contribution >= 4 is 49.4 Å². The van der Waals surface area contributed by atoms with Gasteiger partial charge in [0.2, 0.25) is 0 Å². The van der Waals surface area contributed by atoms with Crippen LogP contribution < -0.4 is 0 Å². The minimum Gasteiger partial charge on any atom is -0.390 e. The molecule has 0 saturated carbocycles. The third-order valence-electron chi connectivity index (χ3n) is 1.89. The van der Waals surface area contributed by atoms with E-state index in [0.717, 1.165) is 24.6 Å². The molecule has 0 saturated heterocycles. The van der Waals surface area contributed by atoms with Crippen LogP contribution in [0, 0.1) is 3.57 Å². The van der Waals surface area contributed by atoms with E-state index in [1.54, 1.807) is 0 Å². The highest BCUT2D eigenvalue weighted by Gasteiger charge is 2.03. The maximum atomic E-state index is 8.93. The smallest absolute Gasteiger partial charge is 0.0831 e. The Bertz CT molecular complexity index is 413. The van der Waals surface area contributed by atoms with E-state index in [0.29, 0.717) is 0 Å². The number of hydrogen-bond acceptors (Lipinski definition) is 1. The van der Waals surface area contributed by atoms with Crippen molar-refractivity contribution < 1.29 is 5.11 Å². The Hall–Kier alpha value is -0.0700. The van der Waals surface area contributed by atoms with E-state index in [-0.39, 0.29) is 6.61 Å². The van der Waals surface area contributed by atoms with E-state index < -0.39 is 0 Å². The molecule has 0 bridgehead atoms. The number of H-pyrrole nitrogens is 1. The van der Waals surface area contributed by atoms with Crippen molar-refractivity contribution in [1.29, 1.82) is 0 Å². The molecule has 0 atom stereocenters.